The Morgan fingerprint density at radius 2 is 2.05 bits per heavy atom. The van der Waals surface area contributed by atoms with Crippen LogP contribution in [0.1, 0.15) is 5.56 Å². The Balaban J connectivity index is 2.37. The number of pyridine rings is 1. The predicted molar refractivity (Wildman–Crippen MR) is 70.9 cm³/mol. The molecule has 2 N–H and O–H groups in total. The topological polar surface area (TPSA) is 73.0 Å². The zero-order valence-corrected chi connectivity index (χ0v) is 11.2. The Morgan fingerprint density at radius 1 is 1.32 bits per heavy atom. The third-order valence-corrected chi connectivity index (χ3v) is 4.53. The average Bonchev–Trinajstić information content (AvgIpc) is 2.34. The molecule has 1 heterocycles. The lowest BCUT2D eigenvalue weighted by molar-refractivity contribution is 0.595. The van der Waals surface area contributed by atoms with E-state index in [0.717, 1.165) is 6.07 Å². The summed E-state index contributed by atoms with van der Waals surface area (Å²) in [6.07, 6.45) is 2.62. The molecule has 0 fully saturated rings. The number of rotatable bonds is 3. The number of nitrogens with zero attached hydrogens (tertiary/aromatic N) is 1. The summed E-state index contributed by atoms with van der Waals surface area (Å²) in [5.74, 6) is -0.896. The third-order valence-electron chi connectivity index (χ3n) is 2.49. The number of nitrogen functional groups attached to an aromatic ring is 1. The van der Waals surface area contributed by atoms with E-state index in [1.807, 2.05) is 0 Å². The number of sulfone groups is 1. The van der Waals surface area contributed by atoms with Gasteiger partial charge in [-0.3, -0.25) is 4.98 Å². The minimum Gasteiger partial charge on any atom is -0.396 e. The molecule has 0 aliphatic heterocycles. The van der Waals surface area contributed by atoms with Crippen molar-refractivity contribution in [2.45, 2.75) is 10.6 Å². The van der Waals surface area contributed by atoms with Gasteiger partial charge < -0.3 is 5.73 Å². The van der Waals surface area contributed by atoms with Crippen LogP contribution in [0.2, 0.25) is 5.02 Å². The minimum atomic E-state index is -3.62. The van der Waals surface area contributed by atoms with Gasteiger partial charge in [0.05, 0.1) is 27.6 Å². The van der Waals surface area contributed by atoms with Crippen LogP contribution in [0, 0.1) is 5.82 Å². The van der Waals surface area contributed by atoms with E-state index in [4.69, 9.17) is 17.3 Å². The zero-order valence-electron chi connectivity index (χ0n) is 9.68. The van der Waals surface area contributed by atoms with Gasteiger partial charge in [-0.25, -0.2) is 12.8 Å². The van der Waals surface area contributed by atoms with Crippen LogP contribution in [0.4, 0.5) is 10.1 Å². The molecule has 1 aromatic carbocycles. The zero-order chi connectivity index (χ0) is 14.0. The first kappa shape index (κ1) is 13.8. The molecule has 2 rings (SSSR count). The van der Waals surface area contributed by atoms with Gasteiger partial charge in [0.1, 0.15) is 5.82 Å². The van der Waals surface area contributed by atoms with Crippen LogP contribution in [-0.2, 0) is 15.6 Å². The Morgan fingerprint density at radius 3 is 2.68 bits per heavy atom. The number of benzene rings is 1. The fourth-order valence-electron chi connectivity index (χ4n) is 1.60. The summed E-state index contributed by atoms with van der Waals surface area (Å²) in [5.41, 5.74) is 6.06. The Bertz CT molecular complexity index is 719. The van der Waals surface area contributed by atoms with Crippen LogP contribution >= 0.6 is 11.6 Å². The van der Waals surface area contributed by atoms with Gasteiger partial charge in [-0.2, -0.15) is 0 Å². The molecule has 2 aromatic rings. The van der Waals surface area contributed by atoms with Gasteiger partial charge in [0, 0.05) is 6.20 Å². The lowest BCUT2D eigenvalue weighted by Gasteiger charge is -2.07. The fraction of sp³-hybridized carbons (Fsp3) is 0.0833. The Hall–Kier alpha value is -1.66. The smallest absolute Gasteiger partial charge is 0.184 e. The second-order valence-electron chi connectivity index (χ2n) is 3.92. The summed E-state index contributed by atoms with van der Waals surface area (Å²) in [7, 11) is -3.62. The maximum Gasteiger partial charge on any atom is 0.184 e. The standard InChI is InChI=1S/C12H10ClFN2O2S/c13-9-5-8(1-2-10(9)14)7-19(17,18)12-3-4-16-6-11(12)15/h1-6H,7,15H2. The minimum absolute atomic E-state index is 0.00273. The van der Waals surface area contributed by atoms with Crippen molar-refractivity contribution in [1.82, 2.24) is 4.98 Å². The van der Waals surface area contributed by atoms with Gasteiger partial charge in [0.25, 0.3) is 0 Å². The highest BCUT2D eigenvalue weighted by atomic mass is 35.5. The molecule has 0 saturated carbocycles. The largest absolute Gasteiger partial charge is 0.396 e. The molecular weight excluding hydrogens is 291 g/mol. The quantitative estimate of drug-likeness (QED) is 0.945. The van der Waals surface area contributed by atoms with Crippen molar-refractivity contribution in [3.63, 3.8) is 0 Å². The summed E-state index contributed by atoms with van der Waals surface area (Å²) in [5, 5.41) is -0.115. The summed E-state index contributed by atoms with van der Waals surface area (Å²) >= 11 is 5.62. The molecule has 0 aliphatic rings. The van der Waals surface area contributed by atoms with Crippen LogP contribution in [0.15, 0.2) is 41.6 Å². The normalized spacial score (nSPS) is 11.5. The SMILES string of the molecule is Nc1cnccc1S(=O)(=O)Cc1ccc(F)c(Cl)c1. The molecule has 0 radical (unpaired) electrons. The maximum atomic E-state index is 13.0. The van der Waals surface area contributed by atoms with E-state index in [1.165, 1.54) is 30.6 Å². The summed E-state index contributed by atoms with van der Waals surface area (Å²) in [4.78, 5) is 3.73. The third kappa shape index (κ3) is 3.02. The highest BCUT2D eigenvalue weighted by molar-refractivity contribution is 7.90. The number of nitrogens with two attached hydrogens (primary N) is 1. The monoisotopic (exact) mass is 300 g/mol. The number of hydrogen-bond acceptors (Lipinski definition) is 4. The first-order valence-corrected chi connectivity index (χ1v) is 7.29. The van der Waals surface area contributed by atoms with Gasteiger partial charge in [-0.05, 0) is 23.8 Å². The molecule has 0 bridgehead atoms. The van der Waals surface area contributed by atoms with Crippen molar-refractivity contribution >= 4 is 27.1 Å². The van der Waals surface area contributed by atoms with E-state index in [0.29, 0.717) is 5.56 Å². The van der Waals surface area contributed by atoms with Gasteiger partial charge in [-0.15, -0.1) is 0 Å². The van der Waals surface area contributed by atoms with Crippen molar-refractivity contribution in [2.24, 2.45) is 0 Å². The molecule has 0 spiro atoms. The summed E-state index contributed by atoms with van der Waals surface area (Å²) in [6.45, 7) is 0. The molecule has 4 nitrogen and oxygen atoms in total. The molecule has 0 amide bonds. The van der Waals surface area contributed by atoms with Crippen LogP contribution in [0.5, 0.6) is 0 Å². The fourth-order valence-corrected chi connectivity index (χ4v) is 3.26. The average molecular weight is 301 g/mol. The molecule has 0 saturated heterocycles. The first-order chi connectivity index (χ1) is 8.90. The second-order valence-corrected chi connectivity index (χ2v) is 6.29. The van der Waals surface area contributed by atoms with Gasteiger partial charge in [-0.1, -0.05) is 17.7 Å². The predicted octanol–water partition coefficient (Wildman–Crippen LogP) is 2.43. The highest BCUT2D eigenvalue weighted by Crippen LogP contribution is 2.23. The van der Waals surface area contributed by atoms with Crippen LogP contribution in [0.3, 0.4) is 0 Å². The van der Waals surface area contributed by atoms with E-state index in [2.05, 4.69) is 4.98 Å². The Kier molecular flexibility index (Phi) is 3.73. The van der Waals surface area contributed by atoms with Gasteiger partial charge >= 0.3 is 0 Å². The van der Waals surface area contributed by atoms with Crippen molar-refractivity contribution in [3.05, 3.63) is 53.1 Å². The molecule has 7 heteroatoms. The molecule has 0 atom stereocenters. The van der Waals surface area contributed by atoms with Crippen molar-refractivity contribution in [3.8, 4) is 0 Å². The number of hydrogen-bond donors (Lipinski definition) is 1. The molecule has 0 unspecified atom stereocenters. The van der Waals surface area contributed by atoms with Crippen molar-refractivity contribution in [1.29, 1.82) is 0 Å². The van der Waals surface area contributed by atoms with Crippen LogP contribution in [-0.4, -0.2) is 13.4 Å². The molecular formula is C12H10ClFN2O2S. The number of anilines is 1. The van der Waals surface area contributed by atoms with E-state index in [1.54, 1.807) is 0 Å². The van der Waals surface area contributed by atoms with E-state index in [-0.39, 0.29) is 21.4 Å². The van der Waals surface area contributed by atoms with Crippen LogP contribution in [0.25, 0.3) is 0 Å². The Labute approximate surface area is 115 Å². The number of halogens is 2. The summed E-state index contributed by atoms with van der Waals surface area (Å²) in [6, 6.07) is 5.11. The molecule has 1 aromatic heterocycles. The van der Waals surface area contributed by atoms with Crippen molar-refractivity contribution in [2.75, 3.05) is 5.73 Å². The lowest BCUT2D eigenvalue weighted by Crippen LogP contribution is -2.08. The highest BCUT2D eigenvalue weighted by Gasteiger charge is 2.18. The number of aromatic nitrogens is 1. The van der Waals surface area contributed by atoms with Crippen LogP contribution < -0.4 is 5.73 Å². The second kappa shape index (κ2) is 5.14. The van der Waals surface area contributed by atoms with E-state index >= 15 is 0 Å². The van der Waals surface area contributed by atoms with Gasteiger partial charge in [0.2, 0.25) is 0 Å². The summed E-state index contributed by atoms with van der Waals surface area (Å²) < 4.78 is 37.4. The van der Waals surface area contributed by atoms with E-state index in [9.17, 15) is 12.8 Å². The molecule has 100 valence electrons. The van der Waals surface area contributed by atoms with E-state index < -0.39 is 15.7 Å². The van der Waals surface area contributed by atoms with Crippen molar-refractivity contribution < 1.29 is 12.8 Å². The lowest BCUT2D eigenvalue weighted by atomic mass is 10.2. The molecule has 0 aliphatic carbocycles. The first-order valence-electron chi connectivity index (χ1n) is 5.26. The maximum absolute atomic E-state index is 13.0. The molecule has 19 heavy (non-hydrogen) atoms. The van der Waals surface area contributed by atoms with Gasteiger partial charge in [0.15, 0.2) is 9.84 Å².